The highest BCUT2D eigenvalue weighted by atomic mass is 19.1. The fourth-order valence-corrected chi connectivity index (χ4v) is 2.15. The first kappa shape index (κ1) is 14.5. The minimum absolute atomic E-state index is 0.00207. The summed E-state index contributed by atoms with van der Waals surface area (Å²) in [7, 11) is 0. The molecule has 20 heavy (non-hydrogen) atoms. The first-order chi connectivity index (χ1) is 9.69. The number of hydrogen-bond donors (Lipinski definition) is 1. The molecule has 1 N–H and O–H groups in total. The Hall–Kier alpha value is -1.95. The van der Waals surface area contributed by atoms with Gasteiger partial charge in [0.25, 0.3) is 0 Å². The Morgan fingerprint density at radius 2 is 2.15 bits per heavy atom. The average molecular weight is 278 g/mol. The second kappa shape index (κ2) is 7.00. The molecular formula is C14H19FN4O. The maximum Gasteiger partial charge on any atom is 0.234 e. The molecule has 0 radical (unpaired) electrons. The normalized spacial score (nSPS) is 15.9. The van der Waals surface area contributed by atoms with Crippen LogP contribution in [0.15, 0.2) is 30.9 Å². The van der Waals surface area contributed by atoms with E-state index in [4.69, 9.17) is 0 Å². The van der Waals surface area contributed by atoms with Gasteiger partial charge < -0.3 is 10.2 Å². The van der Waals surface area contributed by atoms with E-state index in [9.17, 15) is 9.18 Å². The maximum atomic E-state index is 13.1. The van der Waals surface area contributed by atoms with Gasteiger partial charge in [-0.05, 0) is 12.1 Å². The second-order valence-corrected chi connectivity index (χ2v) is 4.67. The van der Waals surface area contributed by atoms with Crippen molar-refractivity contribution < 1.29 is 9.18 Å². The predicted octanol–water partition coefficient (Wildman–Crippen LogP) is 0.645. The lowest BCUT2D eigenvalue weighted by Gasteiger charge is -2.34. The molecule has 1 aliphatic heterocycles. The molecule has 0 aliphatic carbocycles. The van der Waals surface area contributed by atoms with E-state index >= 15 is 0 Å². The summed E-state index contributed by atoms with van der Waals surface area (Å²) >= 11 is 0. The van der Waals surface area contributed by atoms with Crippen LogP contribution >= 0.6 is 0 Å². The van der Waals surface area contributed by atoms with Gasteiger partial charge in [-0.15, -0.1) is 6.58 Å². The van der Waals surface area contributed by atoms with Gasteiger partial charge in [0.2, 0.25) is 11.9 Å². The minimum Gasteiger partial charge on any atom is -0.354 e. The third kappa shape index (κ3) is 4.03. The number of nitrogens with zero attached hydrogens (tertiary/aromatic N) is 3. The van der Waals surface area contributed by atoms with Crippen LogP contribution in [0.4, 0.5) is 10.2 Å². The molecule has 1 aliphatic rings. The van der Waals surface area contributed by atoms with E-state index in [2.05, 4.69) is 21.8 Å². The van der Waals surface area contributed by atoms with E-state index in [0.717, 1.165) is 26.2 Å². The number of hydrogen-bond acceptors (Lipinski definition) is 4. The lowest BCUT2D eigenvalue weighted by atomic mass is 10.3. The first-order valence-electron chi connectivity index (χ1n) is 6.66. The molecule has 1 aromatic heterocycles. The van der Waals surface area contributed by atoms with E-state index in [-0.39, 0.29) is 5.91 Å². The first-order valence-corrected chi connectivity index (χ1v) is 6.66. The van der Waals surface area contributed by atoms with Crippen molar-refractivity contribution in [3.8, 4) is 0 Å². The molecule has 0 aromatic carbocycles. The zero-order valence-electron chi connectivity index (χ0n) is 11.4. The van der Waals surface area contributed by atoms with Crippen molar-refractivity contribution in [2.75, 3.05) is 44.2 Å². The Kier molecular flexibility index (Phi) is 5.06. The average Bonchev–Trinajstić information content (AvgIpc) is 2.46. The third-order valence-electron chi connectivity index (χ3n) is 3.21. The fourth-order valence-electron chi connectivity index (χ4n) is 2.15. The zero-order chi connectivity index (χ0) is 14.4. The number of rotatable bonds is 5. The molecule has 2 rings (SSSR count). The van der Waals surface area contributed by atoms with Gasteiger partial charge in [-0.1, -0.05) is 12.1 Å². The number of carbonyl (C=O) groups is 1. The summed E-state index contributed by atoms with van der Waals surface area (Å²) < 4.78 is 13.1. The Morgan fingerprint density at radius 3 is 2.80 bits per heavy atom. The number of halogens is 1. The van der Waals surface area contributed by atoms with E-state index in [0.29, 0.717) is 18.9 Å². The highest BCUT2D eigenvalue weighted by Gasteiger charge is 2.19. The summed E-state index contributed by atoms with van der Waals surface area (Å²) in [6.45, 7) is 7.45. The highest BCUT2D eigenvalue weighted by molar-refractivity contribution is 5.78. The van der Waals surface area contributed by atoms with E-state index in [1.807, 2.05) is 4.90 Å². The quantitative estimate of drug-likeness (QED) is 0.634. The van der Waals surface area contributed by atoms with Gasteiger partial charge in [0.05, 0.1) is 6.54 Å². The Morgan fingerprint density at radius 1 is 1.40 bits per heavy atom. The number of anilines is 1. The summed E-state index contributed by atoms with van der Waals surface area (Å²) in [4.78, 5) is 19.6. The molecule has 0 bridgehead atoms. The van der Waals surface area contributed by atoms with Crippen molar-refractivity contribution in [3.05, 3.63) is 36.8 Å². The minimum atomic E-state index is -0.464. The van der Waals surface area contributed by atoms with Crippen LogP contribution < -0.4 is 10.2 Å². The van der Waals surface area contributed by atoms with Crippen molar-refractivity contribution >= 4 is 11.7 Å². The van der Waals surface area contributed by atoms with Crippen molar-refractivity contribution in [3.63, 3.8) is 0 Å². The summed E-state index contributed by atoms with van der Waals surface area (Å²) in [6, 6.07) is 4.80. The smallest absolute Gasteiger partial charge is 0.234 e. The van der Waals surface area contributed by atoms with Crippen molar-refractivity contribution in [1.82, 2.24) is 15.2 Å². The van der Waals surface area contributed by atoms with Crippen LogP contribution in [-0.2, 0) is 4.79 Å². The number of nitrogens with one attached hydrogen (secondary N) is 1. The van der Waals surface area contributed by atoms with Gasteiger partial charge in [-0.3, -0.25) is 9.69 Å². The molecule has 0 unspecified atom stereocenters. The molecule has 6 heteroatoms. The lowest BCUT2D eigenvalue weighted by Crippen LogP contribution is -2.49. The SMILES string of the molecule is C=CCNC(=O)CN1CCN(c2cccc(F)n2)CC1. The van der Waals surface area contributed by atoms with Gasteiger partial charge in [-0.2, -0.15) is 4.39 Å². The topological polar surface area (TPSA) is 48.5 Å². The van der Waals surface area contributed by atoms with Gasteiger partial charge >= 0.3 is 0 Å². The van der Waals surface area contributed by atoms with Crippen LogP contribution in [0.1, 0.15) is 0 Å². The Balaban J connectivity index is 1.80. The molecule has 0 saturated carbocycles. The predicted molar refractivity (Wildman–Crippen MR) is 76.1 cm³/mol. The van der Waals surface area contributed by atoms with Crippen LogP contribution in [0.3, 0.4) is 0 Å². The molecule has 0 atom stereocenters. The van der Waals surface area contributed by atoms with Crippen molar-refractivity contribution in [2.45, 2.75) is 0 Å². The molecule has 0 spiro atoms. The van der Waals surface area contributed by atoms with Gasteiger partial charge in [-0.25, -0.2) is 4.98 Å². The Bertz CT molecular complexity index is 472. The zero-order valence-corrected chi connectivity index (χ0v) is 11.4. The molecular weight excluding hydrogens is 259 g/mol. The fraction of sp³-hybridized carbons (Fsp3) is 0.429. The van der Waals surface area contributed by atoms with Crippen LogP contribution in [0.25, 0.3) is 0 Å². The summed E-state index contributed by atoms with van der Waals surface area (Å²) in [5.41, 5.74) is 0. The summed E-state index contributed by atoms with van der Waals surface area (Å²) in [5, 5.41) is 2.76. The summed E-state index contributed by atoms with van der Waals surface area (Å²) in [6.07, 6.45) is 1.66. The van der Waals surface area contributed by atoms with E-state index < -0.39 is 5.95 Å². The van der Waals surface area contributed by atoms with Crippen LogP contribution in [0, 0.1) is 5.95 Å². The largest absolute Gasteiger partial charge is 0.354 e. The molecule has 1 saturated heterocycles. The monoisotopic (exact) mass is 278 g/mol. The number of carbonyl (C=O) groups excluding carboxylic acids is 1. The van der Waals surface area contributed by atoms with Gasteiger partial charge in [0.1, 0.15) is 5.82 Å². The number of piperazine rings is 1. The molecule has 108 valence electrons. The molecule has 1 fully saturated rings. The number of aromatic nitrogens is 1. The van der Waals surface area contributed by atoms with Crippen molar-refractivity contribution in [2.24, 2.45) is 0 Å². The highest BCUT2D eigenvalue weighted by Crippen LogP contribution is 2.13. The Labute approximate surface area is 118 Å². The number of pyridine rings is 1. The third-order valence-corrected chi connectivity index (χ3v) is 3.21. The van der Waals surface area contributed by atoms with Crippen LogP contribution in [0.2, 0.25) is 0 Å². The van der Waals surface area contributed by atoms with Gasteiger partial charge in [0.15, 0.2) is 0 Å². The summed E-state index contributed by atoms with van der Waals surface area (Å²) in [5.74, 6) is 0.191. The van der Waals surface area contributed by atoms with Crippen molar-refractivity contribution in [1.29, 1.82) is 0 Å². The number of amides is 1. The van der Waals surface area contributed by atoms with Gasteiger partial charge in [0, 0.05) is 32.7 Å². The molecule has 2 heterocycles. The molecule has 5 nitrogen and oxygen atoms in total. The maximum absolute atomic E-state index is 13.1. The standard InChI is InChI=1S/C14H19FN4O/c1-2-6-16-14(20)11-18-7-9-19(10-8-18)13-5-3-4-12(15)17-13/h2-5H,1,6-11H2,(H,16,20). The van der Waals surface area contributed by atoms with Crippen LogP contribution in [-0.4, -0.2) is 55.1 Å². The lowest BCUT2D eigenvalue weighted by molar-refractivity contribution is -0.122. The molecule has 1 amide bonds. The van der Waals surface area contributed by atoms with E-state index in [1.165, 1.54) is 6.07 Å². The van der Waals surface area contributed by atoms with E-state index in [1.54, 1.807) is 18.2 Å². The molecule has 1 aromatic rings. The van der Waals surface area contributed by atoms with Crippen LogP contribution in [0.5, 0.6) is 0 Å². The second-order valence-electron chi connectivity index (χ2n) is 4.67.